The third-order valence-corrected chi connectivity index (χ3v) is 3.04. The van der Waals surface area contributed by atoms with E-state index >= 15 is 0 Å². The Hall–Kier alpha value is -1.33. The predicted octanol–water partition coefficient (Wildman–Crippen LogP) is 1.00. The van der Waals surface area contributed by atoms with Gasteiger partial charge in [0.1, 0.15) is 0 Å². The molecule has 3 N–H and O–H groups in total. The Morgan fingerprint density at radius 1 is 1.62 bits per heavy atom. The first kappa shape index (κ1) is 11.2. The second-order valence-corrected chi connectivity index (χ2v) is 4.27. The van der Waals surface area contributed by atoms with E-state index in [0.717, 1.165) is 12.2 Å². The molecule has 0 bridgehead atoms. The molecule has 0 atom stereocenters. The summed E-state index contributed by atoms with van der Waals surface area (Å²) in [6, 6.07) is 0. The molecule has 0 radical (unpaired) electrons. The fraction of sp³-hybridized carbons (Fsp3) is 0.400. The minimum atomic E-state index is -1.05. The summed E-state index contributed by atoms with van der Waals surface area (Å²) in [4.78, 5) is 17.3. The van der Waals surface area contributed by atoms with Crippen molar-refractivity contribution in [2.45, 2.75) is 13.0 Å². The van der Waals surface area contributed by atoms with Gasteiger partial charge in [0.2, 0.25) is 0 Å². The maximum atomic E-state index is 11.2. The van der Waals surface area contributed by atoms with Crippen molar-refractivity contribution in [1.82, 2.24) is 9.88 Å². The van der Waals surface area contributed by atoms with Crippen LogP contribution in [0.1, 0.15) is 21.6 Å². The Morgan fingerprint density at radius 3 is 2.94 bits per heavy atom. The normalized spacial score (nSPS) is 15.9. The average molecular weight is 242 g/mol. The van der Waals surface area contributed by atoms with Gasteiger partial charge in [-0.25, -0.2) is 9.78 Å². The summed E-state index contributed by atoms with van der Waals surface area (Å²) < 4.78 is 0. The number of aromatic nitrogens is 1. The highest BCUT2D eigenvalue weighted by Crippen LogP contribution is 2.29. The summed E-state index contributed by atoms with van der Waals surface area (Å²) in [5, 5.41) is 9.23. The predicted molar refractivity (Wildman–Crippen MR) is 60.7 cm³/mol. The number of nitrogens with zero attached hydrogens (tertiary/aromatic N) is 2. The molecule has 1 aromatic heterocycles. The number of carboxylic acids is 1. The Bertz CT molecular complexity index is 462. The van der Waals surface area contributed by atoms with Crippen LogP contribution in [-0.4, -0.2) is 34.6 Å². The molecule has 6 heteroatoms. The van der Waals surface area contributed by atoms with Crippen LogP contribution in [0.3, 0.4) is 0 Å². The second kappa shape index (κ2) is 3.92. The zero-order chi connectivity index (χ0) is 11.9. The van der Waals surface area contributed by atoms with E-state index in [0.29, 0.717) is 18.5 Å². The van der Waals surface area contributed by atoms with E-state index in [4.69, 9.17) is 22.4 Å². The van der Waals surface area contributed by atoms with Gasteiger partial charge < -0.3 is 15.7 Å². The molecule has 86 valence electrons. The number of halogens is 1. The zero-order valence-electron chi connectivity index (χ0n) is 8.83. The van der Waals surface area contributed by atoms with E-state index in [9.17, 15) is 4.79 Å². The Morgan fingerprint density at radius 2 is 2.31 bits per heavy atom. The molecule has 1 aromatic rings. The van der Waals surface area contributed by atoms with Crippen molar-refractivity contribution < 1.29 is 9.90 Å². The Kier molecular flexibility index (Phi) is 2.73. The highest BCUT2D eigenvalue weighted by molar-refractivity contribution is 6.32. The molecule has 0 aromatic carbocycles. The Balaban J connectivity index is 2.65. The van der Waals surface area contributed by atoms with Crippen LogP contribution in [0.25, 0.3) is 0 Å². The first-order valence-corrected chi connectivity index (χ1v) is 5.27. The van der Waals surface area contributed by atoms with Crippen LogP contribution < -0.4 is 5.73 Å². The summed E-state index contributed by atoms with van der Waals surface area (Å²) in [6.45, 7) is 1.39. The van der Waals surface area contributed by atoms with Crippen LogP contribution in [0.15, 0.2) is 0 Å². The van der Waals surface area contributed by atoms with E-state index < -0.39 is 5.97 Å². The number of rotatable bonds is 1. The number of pyridine rings is 1. The number of nitrogen functional groups attached to an aromatic ring is 1. The number of hydrogen-bond donors (Lipinski definition) is 2. The summed E-state index contributed by atoms with van der Waals surface area (Å²) in [6.07, 6.45) is 0.701. The van der Waals surface area contributed by atoms with Gasteiger partial charge in [0.15, 0.2) is 5.15 Å². The molecular weight excluding hydrogens is 230 g/mol. The van der Waals surface area contributed by atoms with Crippen molar-refractivity contribution in [1.29, 1.82) is 0 Å². The average Bonchev–Trinajstić information content (AvgIpc) is 2.20. The SMILES string of the molecule is CN1CCc2nc(Cl)c(N)c(C(=O)O)c2C1. The van der Waals surface area contributed by atoms with Gasteiger partial charge in [-0.3, -0.25) is 0 Å². The van der Waals surface area contributed by atoms with Crippen molar-refractivity contribution in [2.75, 3.05) is 19.3 Å². The van der Waals surface area contributed by atoms with Crippen LogP contribution in [0, 0.1) is 0 Å². The lowest BCUT2D eigenvalue weighted by molar-refractivity contribution is 0.0695. The largest absolute Gasteiger partial charge is 0.478 e. The highest BCUT2D eigenvalue weighted by atomic mass is 35.5. The van der Waals surface area contributed by atoms with E-state index in [2.05, 4.69) is 4.98 Å². The summed E-state index contributed by atoms with van der Waals surface area (Å²) in [5.41, 5.74) is 7.25. The van der Waals surface area contributed by atoms with Crippen molar-refractivity contribution in [3.63, 3.8) is 0 Å². The van der Waals surface area contributed by atoms with Gasteiger partial charge in [-0.1, -0.05) is 11.6 Å². The maximum absolute atomic E-state index is 11.2. The minimum Gasteiger partial charge on any atom is -0.478 e. The number of nitrogens with two attached hydrogens (primary N) is 1. The molecule has 16 heavy (non-hydrogen) atoms. The standard InChI is InChI=1S/C10H12ClN3O2/c1-14-3-2-6-5(4-14)7(10(15)16)8(12)9(11)13-6/h2-4,12H2,1H3,(H,15,16). The van der Waals surface area contributed by atoms with E-state index in [-0.39, 0.29) is 16.4 Å². The van der Waals surface area contributed by atoms with E-state index in [1.54, 1.807) is 0 Å². The van der Waals surface area contributed by atoms with Crippen molar-refractivity contribution in [2.24, 2.45) is 0 Å². The molecule has 2 rings (SSSR count). The third kappa shape index (κ3) is 1.72. The van der Waals surface area contributed by atoms with Gasteiger partial charge in [-0.05, 0) is 7.05 Å². The summed E-state index contributed by atoms with van der Waals surface area (Å²) >= 11 is 5.82. The molecule has 0 amide bonds. The topological polar surface area (TPSA) is 79.5 Å². The summed E-state index contributed by atoms with van der Waals surface area (Å²) in [7, 11) is 1.93. The molecule has 0 unspecified atom stereocenters. The number of carbonyl (C=O) groups is 1. The lowest BCUT2D eigenvalue weighted by Gasteiger charge is -2.26. The highest BCUT2D eigenvalue weighted by Gasteiger charge is 2.25. The molecule has 1 aliphatic heterocycles. The molecule has 0 saturated heterocycles. The molecule has 2 heterocycles. The monoisotopic (exact) mass is 241 g/mol. The van der Waals surface area contributed by atoms with Crippen LogP contribution in [0.2, 0.25) is 5.15 Å². The third-order valence-electron chi connectivity index (χ3n) is 2.75. The van der Waals surface area contributed by atoms with Crippen LogP contribution in [0.5, 0.6) is 0 Å². The second-order valence-electron chi connectivity index (χ2n) is 3.91. The number of hydrogen-bond acceptors (Lipinski definition) is 4. The number of likely N-dealkylation sites (N-methyl/N-ethyl adjacent to an activating group) is 1. The van der Waals surface area contributed by atoms with Gasteiger partial charge >= 0.3 is 5.97 Å². The first-order chi connectivity index (χ1) is 7.50. The van der Waals surface area contributed by atoms with Gasteiger partial charge in [0.05, 0.1) is 11.3 Å². The van der Waals surface area contributed by atoms with Gasteiger partial charge in [-0.15, -0.1) is 0 Å². The van der Waals surface area contributed by atoms with Crippen LogP contribution in [-0.2, 0) is 13.0 Å². The number of fused-ring (bicyclic) bond motifs is 1. The lowest BCUT2D eigenvalue weighted by Crippen LogP contribution is -2.29. The van der Waals surface area contributed by atoms with E-state index in [1.165, 1.54) is 0 Å². The smallest absolute Gasteiger partial charge is 0.338 e. The fourth-order valence-electron chi connectivity index (χ4n) is 1.92. The van der Waals surface area contributed by atoms with Gasteiger partial charge in [0.25, 0.3) is 0 Å². The molecule has 0 fully saturated rings. The lowest BCUT2D eigenvalue weighted by atomic mass is 9.99. The molecule has 5 nitrogen and oxygen atoms in total. The zero-order valence-corrected chi connectivity index (χ0v) is 9.58. The maximum Gasteiger partial charge on any atom is 0.338 e. The van der Waals surface area contributed by atoms with Crippen LogP contribution >= 0.6 is 11.6 Å². The first-order valence-electron chi connectivity index (χ1n) is 4.89. The summed E-state index contributed by atoms with van der Waals surface area (Å²) in [5.74, 6) is -1.05. The number of anilines is 1. The van der Waals surface area contributed by atoms with Gasteiger partial charge in [-0.2, -0.15) is 0 Å². The molecule has 1 aliphatic rings. The molecular formula is C10H12ClN3O2. The van der Waals surface area contributed by atoms with Crippen molar-refractivity contribution in [3.05, 3.63) is 22.0 Å². The molecule has 0 spiro atoms. The fourth-order valence-corrected chi connectivity index (χ4v) is 2.12. The number of carboxylic acid groups (broad SMARTS) is 1. The quantitative estimate of drug-likeness (QED) is 0.718. The van der Waals surface area contributed by atoms with Crippen LogP contribution in [0.4, 0.5) is 5.69 Å². The number of aromatic carboxylic acids is 1. The van der Waals surface area contributed by atoms with Crippen molar-refractivity contribution in [3.8, 4) is 0 Å². The van der Waals surface area contributed by atoms with Crippen molar-refractivity contribution >= 4 is 23.3 Å². The molecule has 0 saturated carbocycles. The minimum absolute atomic E-state index is 0.0585. The van der Waals surface area contributed by atoms with E-state index in [1.807, 2.05) is 11.9 Å². The Labute approximate surface area is 97.8 Å². The van der Waals surface area contributed by atoms with Gasteiger partial charge in [0, 0.05) is 30.8 Å². The molecule has 0 aliphatic carbocycles.